The molecular formula is C12H9ClN4O. The molecule has 1 amide bonds. The van der Waals surface area contributed by atoms with Gasteiger partial charge in [-0.15, -0.1) is 0 Å². The highest BCUT2D eigenvalue weighted by Gasteiger charge is 2.10. The summed E-state index contributed by atoms with van der Waals surface area (Å²) in [7, 11) is 0. The molecule has 0 aliphatic heterocycles. The maximum atomic E-state index is 11.8. The number of aromatic nitrogens is 1. The van der Waals surface area contributed by atoms with E-state index in [2.05, 4.69) is 10.3 Å². The lowest BCUT2D eigenvalue weighted by Gasteiger charge is -2.06. The number of amides is 1. The molecule has 1 heterocycles. The van der Waals surface area contributed by atoms with E-state index in [0.717, 1.165) is 0 Å². The molecule has 2 aromatic rings. The van der Waals surface area contributed by atoms with Gasteiger partial charge in [-0.05, 0) is 24.3 Å². The van der Waals surface area contributed by atoms with Crippen LogP contribution in [0, 0.1) is 11.3 Å². The number of nitriles is 1. The number of H-pyrrole nitrogens is 1. The summed E-state index contributed by atoms with van der Waals surface area (Å²) in [5.74, 6) is -0.349. The number of hydrogen-bond acceptors (Lipinski definition) is 3. The number of aromatic amines is 1. The molecule has 0 fully saturated rings. The maximum absolute atomic E-state index is 11.8. The zero-order valence-corrected chi connectivity index (χ0v) is 9.95. The Bertz CT molecular complexity index is 642. The summed E-state index contributed by atoms with van der Waals surface area (Å²) in [6.45, 7) is 0. The Kier molecular flexibility index (Phi) is 3.22. The van der Waals surface area contributed by atoms with Crippen molar-refractivity contribution >= 4 is 28.9 Å². The molecule has 0 aliphatic carbocycles. The second-order valence-electron chi connectivity index (χ2n) is 3.61. The third kappa shape index (κ3) is 2.44. The molecule has 4 N–H and O–H groups in total. The fourth-order valence-electron chi connectivity index (χ4n) is 1.42. The number of rotatable bonds is 2. The number of carbonyl (C=O) groups excluding carboxylic acids is 1. The average molecular weight is 261 g/mol. The SMILES string of the molecule is N#Cc1ccc(NC(=O)c2cc(N)c[nH]2)c(Cl)c1. The third-order valence-corrected chi connectivity index (χ3v) is 2.61. The first-order valence-electron chi connectivity index (χ1n) is 5.05. The Hall–Kier alpha value is -2.45. The molecular weight excluding hydrogens is 252 g/mol. The number of hydrogen-bond donors (Lipinski definition) is 3. The molecule has 0 unspecified atom stereocenters. The zero-order valence-electron chi connectivity index (χ0n) is 9.20. The topological polar surface area (TPSA) is 94.7 Å². The molecule has 0 saturated heterocycles. The van der Waals surface area contributed by atoms with Crippen LogP contribution in [0.5, 0.6) is 0 Å². The molecule has 0 radical (unpaired) electrons. The van der Waals surface area contributed by atoms with Crippen LogP contribution in [0.1, 0.15) is 16.1 Å². The van der Waals surface area contributed by atoms with E-state index in [0.29, 0.717) is 27.7 Å². The van der Waals surface area contributed by atoms with E-state index in [1.165, 1.54) is 18.3 Å². The van der Waals surface area contributed by atoms with Gasteiger partial charge in [-0.1, -0.05) is 11.6 Å². The van der Waals surface area contributed by atoms with Crippen LogP contribution >= 0.6 is 11.6 Å². The zero-order chi connectivity index (χ0) is 13.1. The lowest BCUT2D eigenvalue weighted by molar-refractivity contribution is 0.102. The Morgan fingerprint density at radius 1 is 1.44 bits per heavy atom. The number of carbonyl (C=O) groups is 1. The summed E-state index contributed by atoms with van der Waals surface area (Å²) in [5.41, 5.74) is 7.19. The lowest BCUT2D eigenvalue weighted by Crippen LogP contribution is -2.12. The number of anilines is 2. The lowest BCUT2D eigenvalue weighted by atomic mass is 10.2. The average Bonchev–Trinajstić information content (AvgIpc) is 2.78. The Morgan fingerprint density at radius 2 is 2.22 bits per heavy atom. The third-order valence-electron chi connectivity index (χ3n) is 2.30. The van der Waals surface area contributed by atoms with Crippen LogP contribution in [0.3, 0.4) is 0 Å². The monoisotopic (exact) mass is 260 g/mol. The van der Waals surface area contributed by atoms with E-state index in [4.69, 9.17) is 22.6 Å². The van der Waals surface area contributed by atoms with Crippen molar-refractivity contribution in [3.05, 3.63) is 46.7 Å². The van der Waals surface area contributed by atoms with Crippen molar-refractivity contribution in [2.24, 2.45) is 0 Å². The first-order chi connectivity index (χ1) is 8.60. The molecule has 0 spiro atoms. The van der Waals surface area contributed by atoms with E-state index in [9.17, 15) is 4.79 Å². The number of halogens is 1. The van der Waals surface area contributed by atoms with Crippen molar-refractivity contribution in [1.82, 2.24) is 4.98 Å². The molecule has 0 aliphatic rings. The van der Waals surface area contributed by atoms with E-state index >= 15 is 0 Å². The van der Waals surface area contributed by atoms with Gasteiger partial charge < -0.3 is 16.0 Å². The van der Waals surface area contributed by atoms with Crippen molar-refractivity contribution in [1.29, 1.82) is 5.26 Å². The van der Waals surface area contributed by atoms with Crippen molar-refractivity contribution in [3.63, 3.8) is 0 Å². The molecule has 2 rings (SSSR count). The summed E-state index contributed by atoms with van der Waals surface area (Å²) in [6, 6.07) is 8.12. The quantitative estimate of drug-likeness (QED) is 0.774. The van der Waals surface area contributed by atoms with Crippen LogP contribution in [-0.2, 0) is 0 Å². The first-order valence-corrected chi connectivity index (χ1v) is 5.43. The van der Waals surface area contributed by atoms with Crippen LogP contribution in [-0.4, -0.2) is 10.9 Å². The van der Waals surface area contributed by atoms with Gasteiger partial charge in [-0.25, -0.2) is 0 Å². The summed E-state index contributed by atoms with van der Waals surface area (Å²) < 4.78 is 0. The van der Waals surface area contributed by atoms with E-state index in [1.54, 1.807) is 12.1 Å². The van der Waals surface area contributed by atoms with Crippen LogP contribution in [0.4, 0.5) is 11.4 Å². The molecule has 6 heteroatoms. The minimum absolute atomic E-state index is 0.307. The van der Waals surface area contributed by atoms with Gasteiger partial charge in [-0.2, -0.15) is 5.26 Å². The van der Waals surface area contributed by atoms with Crippen LogP contribution in [0.2, 0.25) is 5.02 Å². The van der Waals surface area contributed by atoms with Gasteiger partial charge in [0, 0.05) is 11.9 Å². The molecule has 5 nitrogen and oxygen atoms in total. The summed E-state index contributed by atoms with van der Waals surface area (Å²) in [6.07, 6.45) is 1.52. The first kappa shape index (κ1) is 12.0. The highest BCUT2D eigenvalue weighted by atomic mass is 35.5. The molecule has 0 atom stereocenters. The molecule has 18 heavy (non-hydrogen) atoms. The summed E-state index contributed by atoms with van der Waals surface area (Å²) in [5, 5.41) is 11.6. The fourth-order valence-corrected chi connectivity index (χ4v) is 1.65. The van der Waals surface area contributed by atoms with Gasteiger partial charge in [-0.3, -0.25) is 4.79 Å². The fraction of sp³-hybridized carbons (Fsp3) is 0. The van der Waals surface area contributed by atoms with E-state index in [1.807, 2.05) is 6.07 Å². The maximum Gasteiger partial charge on any atom is 0.272 e. The predicted molar refractivity (Wildman–Crippen MR) is 69.3 cm³/mol. The summed E-state index contributed by atoms with van der Waals surface area (Å²) in [4.78, 5) is 14.5. The van der Waals surface area contributed by atoms with Crippen molar-refractivity contribution in [3.8, 4) is 6.07 Å². The summed E-state index contributed by atoms with van der Waals surface area (Å²) >= 11 is 5.94. The molecule has 90 valence electrons. The number of nitrogens with one attached hydrogen (secondary N) is 2. The van der Waals surface area contributed by atoms with Gasteiger partial charge in [0.15, 0.2) is 0 Å². The molecule has 1 aromatic heterocycles. The van der Waals surface area contributed by atoms with Gasteiger partial charge in [0.2, 0.25) is 0 Å². The van der Waals surface area contributed by atoms with Crippen LogP contribution in [0.15, 0.2) is 30.5 Å². The van der Waals surface area contributed by atoms with Crippen molar-refractivity contribution in [2.75, 3.05) is 11.1 Å². The standard InChI is InChI=1S/C12H9ClN4O/c13-9-3-7(5-14)1-2-10(9)17-12(18)11-4-8(15)6-16-11/h1-4,6,16H,15H2,(H,17,18). The van der Waals surface area contributed by atoms with E-state index < -0.39 is 0 Å². The van der Waals surface area contributed by atoms with Crippen molar-refractivity contribution < 1.29 is 4.79 Å². The number of nitrogens with zero attached hydrogens (tertiary/aromatic N) is 1. The van der Waals surface area contributed by atoms with Gasteiger partial charge >= 0.3 is 0 Å². The van der Waals surface area contributed by atoms with Gasteiger partial charge in [0.25, 0.3) is 5.91 Å². The number of nitrogen functional groups attached to an aromatic ring is 1. The van der Waals surface area contributed by atoms with Gasteiger partial charge in [0.05, 0.1) is 22.3 Å². The highest BCUT2D eigenvalue weighted by Crippen LogP contribution is 2.23. The Labute approximate surface area is 108 Å². The molecule has 0 saturated carbocycles. The number of benzene rings is 1. The molecule has 1 aromatic carbocycles. The second-order valence-corrected chi connectivity index (χ2v) is 4.01. The number of nitrogens with two attached hydrogens (primary N) is 1. The smallest absolute Gasteiger partial charge is 0.272 e. The van der Waals surface area contributed by atoms with Gasteiger partial charge in [0.1, 0.15) is 5.69 Å². The van der Waals surface area contributed by atoms with E-state index in [-0.39, 0.29) is 5.91 Å². The van der Waals surface area contributed by atoms with Crippen LogP contribution < -0.4 is 11.1 Å². The second kappa shape index (κ2) is 4.82. The Balaban J connectivity index is 2.20. The van der Waals surface area contributed by atoms with Crippen molar-refractivity contribution in [2.45, 2.75) is 0 Å². The normalized spacial score (nSPS) is 9.78. The highest BCUT2D eigenvalue weighted by molar-refractivity contribution is 6.34. The molecule has 0 bridgehead atoms. The minimum Gasteiger partial charge on any atom is -0.397 e. The Morgan fingerprint density at radius 3 is 2.78 bits per heavy atom. The van der Waals surface area contributed by atoms with Crippen LogP contribution in [0.25, 0.3) is 0 Å². The largest absolute Gasteiger partial charge is 0.397 e. The predicted octanol–water partition coefficient (Wildman–Crippen LogP) is 2.37. The minimum atomic E-state index is -0.349.